The summed E-state index contributed by atoms with van der Waals surface area (Å²) in [5.41, 5.74) is 5.72. The van der Waals surface area contributed by atoms with Crippen LogP contribution in [0, 0.1) is 5.92 Å². The molecule has 3 saturated carbocycles. The van der Waals surface area contributed by atoms with Crippen LogP contribution in [-0.2, 0) is 9.53 Å². The summed E-state index contributed by atoms with van der Waals surface area (Å²) in [6, 6.07) is 0. The lowest BCUT2D eigenvalue weighted by atomic mass is 9.49. The molecule has 4 N–H and O–H groups in total. The third-order valence-electron chi connectivity index (χ3n) is 3.34. The molecule has 5 heteroatoms. The lowest BCUT2D eigenvalue weighted by Crippen LogP contribution is -2.68. The minimum absolute atomic E-state index is 0.0732. The molecule has 2 bridgehead atoms. The van der Waals surface area contributed by atoms with E-state index in [1.165, 1.54) is 6.20 Å². The van der Waals surface area contributed by atoms with E-state index < -0.39 is 5.97 Å². The maximum atomic E-state index is 11.2. The van der Waals surface area contributed by atoms with E-state index in [0.717, 1.165) is 25.2 Å². The van der Waals surface area contributed by atoms with Crippen LogP contribution in [0.5, 0.6) is 0 Å². The van der Waals surface area contributed by atoms with Crippen LogP contribution in [0.2, 0.25) is 0 Å². The molecule has 0 aliphatic heterocycles. The second kappa shape index (κ2) is 3.41. The van der Waals surface area contributed by atoms with E-state index in [0.29, 0.717) is 6.61 Å². The normalized spacial score (nSPS) is 32.7. The van der Waals surface area contributed by atoms with Crippen LogP contribution in [0.15, 0.2) is 11.9 Å². The standard InChI is InChI=1S/C10H17N3O2/c1-2-15-9(14)8(11)6-13(12)10-3-7(4-10)5-10/h6-7H,2-5,11-12H2,1H3/b8-6-. The highest BCUT2D eigenvalue weighted by molar-refractivity contribution is 5.87. The van der Waals surface area contributed by atoms with Crippen LogP contribution in [-0.4, -0.2) is 23.1 Å². The first-order valence-electron chi connectivity index (χ1n) is 5.26. The van der Waals surface area contributed by atoms with Crippen molar-refractivity contribution in [1.29, 1.82) is 0 Å². The Balaban J connectivity index is 1.93. The molecule has 0 heterocycles. The fourth-order valence-corrected chi connectivity index (χ4v) is 2.30. The number of nitrogens with two attached hydrogens (primary N) is 2. The second-order valence-electron chi connectivity index (χ2n) is 4.41. The molecule has 3 fully saturated rings. The summed E-state index contributed by atoms with van der Waals surface area (Å²) in [5.74, 6) is 6.20. The number of hydrogen-bond donors (Lipinski definition) is 2. The molecule has 3 rings (SSSR count). The molecule has 0 atom stereocenters. The molecular weight excluding hydrogens is 194 g/mol. The Morgan fingerprint density at radius 3 is 2.60 bits per heavy atom. The topological polar surface area (TPSA) is 81.6 Å². The van der Waals surface area contributed by atoms with Crippen molar-refractivity contribution in [1.82, 2.24) is 5.01 Å². The number of rotatable bonds is 4. The fourth-order valence-electron chi connectivity index (χ4n) is 2.30. The Bertz CT molecular complexity index is 297. The zero-order valence-electron chi connectivity index (χ0n) is 8.90. The smallest absolute Gasteiger partial charge is 0.355 e. The minimum atomic E-state index is -0.500. The molecule has 0 radical (unpaired) electrons. The van der Waals surface area contributed by atoms with Gasteiger partial charge in [-0.25, -0.2) is 10.6 Å². The lowest BCUT2D eigenvalue weighted by Gasteiger charge is -2.64. The number of nitrogens with zero attached hydrogens (tertiary/aromatic N) is 1. The van der Waals surface area contributed by atoms with Crippen LogP contribution >= 0.6 is 0 Å². The molecule has 0 spiro atoms. The summed E-state index contributed by atoms with van der Waals surface area (Å²) >= 11 is 0. The zero-order chi connectivity index (χ0) is 11.1. The van der Waals surface area contributed by atoms with Gasteiger partial charge in [-0.15, -0.1) is 0 Å². The molecule has 3 aliphatic carbocycles. The van der Waals surface area contributed by atoms with Gasteiger partial charge in [-0.1, -0.05) is 0 Å². The molecule has 15 heavy (non-hydrogen) atoms. The van der Waals surface area contributed by atoms with E-state index in [-0.39, 0.29) is 11.2 Å². The van der Waals surface area contributed by atoms with Gasteiger partial charge in [0.05, 0.1) is 12.1 Å². The SMILES string of the molecule is CCOC(=O)/C(N)=C/N(N)C12CC(C1)C2. The number of hydrogen-bond acceptors (Lipinski definition) is 5. The van der Waals surface area contributed by atoms with E-state index >= 15 is 0 Å². The highest BCUT2D eigenvalue weighted by atomic mass is 16.5. The predicted molar refractivity (Wildman–Crippen MR) is 55.0 cm³/mol. The molecule has 0 aromatic carbocycles. The Labute approximate surface area is 89.0 Å². The van der Waals surface area contributed by atoms with Crippen molar-refractivity contribution in [2.24, 2.45) is 17.5 Å². The summed E-state index contributed by atoms with van der Waals surface area (Å²) in [7, 11) is 0. The molecule has 84 valence electrons. The lowest BCUT2D eigenvalue weighted by molar-refractivity contribution is -0.139. The van der Waals surface area contributed by atoms with Gasteiger partial charge < -0.3 is 15.5 Å². The van der Waals surface area contributed by atoms with Crippen LogP contribution in [0.3, 0.4) is 0 Å². The van der Waals surface area contributed by atoms with Crippen molar-refractivity contribution >= 4 is 5.97 Å². The quantitative estimate of drug-likeness (QED) is 0.298. The van der Waals surface area contributed by atoms with Crippen LogP contribution < -0.4 is 11.6 Å². The highest BCUT2D eigenvalue weighted by Crippen LogP contribution is 2.59. The van der Waals surface area contributed by atoms with Crippen molar-refractivity contribution in [2.75, 3.05) is 6.61 Å². The number of carbonyl (C=O) groups excluding carboxylic acids is 1. The summed E-state index contributed by atoms with van der Waals surface area (Å²) < 4.78 is 4.77. The van der Waals surface area contributed by atoms with Gasteiger partial charge in [0.1, 0.15) is 5.70 Å². The van der Waals surface area contributed by atoms with Gasteiger partial charge in [0, 0.05) is 6.20 Å². The van der Waals surface area contributed by atoms with E-state index in [1.807, 2.05) is 0 Å². The average Bonchev–Trinajstić information content (AvgIpc) is 1.98. The third kappa shape index (κ3) is 1.56. The number of ether oxygens (including phenoxy) is 1. The molecule has 3 aliphatic rings. The summed E-state index contributed by atoms with van der Waals surface area (Å²) in [4.78, 5) is 11.2. The Kier molecular flexibility index (Phi) is 2.34. The van der Waals surface area contributed by atoms with Gasteiger partial charge in [-0.3, -0.25) is 0 Å². The molecule has 0 aromatic heterocycles. The first kappa shape index (κ1) is 10.3. The number of esters is 1. The van der Waals surface area contributed by atoms with Gasteiger partial charge in [-0.05, 0) is 32.1 Å². The van der Waals surface area contributed by atoms with Crippen molar-refractivity contribution in [2.45, 2.75) is 31.7 Å². The highest BCUT2D eigenvalue weighted by Gasteiger charge is 2.59. The monoisotopic (exact) mass is 211 g/mol. The Morgan fingerprint density at radius 2 is 2.20 bits per heavy atom. The van der Waals surface area contributed by atoms with Gasteiger partial charge in [0.25, 0.3) is 0 Å². The Hall–Kier alpha value is -1.23. The molecule has 0 unspecified atom stereocenters. The van der Waals surface area contributed by atoms with Crippen LogP contribution in [0.4, 0.5) is 0 Å². The summed E-state index contributed by atoms with van der Waals surface area (Å²) in [6.07, 6.45) is 4.86. The van der Waals surface area contributed by atoms with Crippen molar-refractivity contribution in [3.63, 3.8) is 0 Å². The number of carbonyl (C=O) groups is 1. The molecule has 0 saturated heterocycles. The van der Waals surface area contributed by atoms with Crippen LogP contribution in [0.25, 0.3) is 0 Å². The largest absolute Gasteiger partial charge is 0.461 e. The maximum Gasteiger partial charge on any atom is 0.355 e. The van der Waals surface area contributed by atoms with Gasteiger partial charge in [0.2, 0.25) is 0 Å². The zero-order valence-corrected chi connectivity index (χ0v) is 8.90. The molecule has 0 amide bonds. The maximum absolute atomic E-state index is 11.2. The Morgan fingerprint density at radius 1 is 1.60 bits per heavy atom. The fraction of sp³-hybridized carbons (Fsp3) is 0.700. The second-order valence-corrected chi connectivity index (χ2v) is 4.41. The van der Waals surface area contributed by atoms with Gasteiger partial charge >= 0.3 is 5.97 Å². The number of hydrazine groups is 1. The molecular formula is C10H17N3O2. The molecule has 5 nitrogen and oxygen atoms in total. The third-order valence-corrected chi connectivity index (χ3v) is 3.34. The first-order valence-corrected chi connectivity index (χ1v) is 5.26. The van der Waals surface area contributed by atoms with Gasteiger partial charge in [0.15, 0.2) is 0 Å². The van der Waals surface area contributed by atoms with E-state index in [4.69, 9.17) is 16.3 Å². The summed E-state index contributed by atoms with van der Waals surface area (Å²) in [5, 5.41) is 1.58. The van der Waals surface area contributed by atoms with Crippen molar-refractivity contribution < 1.29 is 9.53 Å². The average molecular weight is 211 g/mol. The van der Waals surface area contributed by atoms with E-state index in [2.05, 4.69) is 0 Å². The minimum Gasteiger partial charge on any atom is -0.461 e. The van der Waals surface area contributed by atoms with E-state index in [1.54, 1.807) is 11.9 Å². The van der Waals surface area contributed by atoms with Crippen molar-refractivity contribution in [3.8, 4) is 0 Å². The van der Waals surface area contributed by atoms with Crippen LogP contribution in [0.1, 0.15) is 26.2 Å². The van der Waals surface area contributed by atoms with E-state index in [9.17, 15) is 4.79 Å². The predicted octanol–water partition coefficient (Wildman–Crippen LogP) is 0.0778. The molecule has 0 aromatic rings. The summed E-state index contributed by atoms with van der Waals surface area (Å²) in [6.45, 7) is 2.07. The van der Waals surface area contributed by atoms with Crippen molar-refractivity contribution in [3.05, 3.63) is 11.9 Å². The van der Waals surface area contributed by atoms with Gasteiger partial charge in [-0.2, -0.15) is 0 Å². The first-order chi connectivity index (χ1) is 7.07.